The molecule has 8 nitrogen and oxygen atoms in total. The van der Waals surface area contributed by atoms with Crippen LogP contribution in [0, 0.1) is 6.92 Å². The van der Waals surface area contributed by atoms with Gasteiger partial charge in [0.15, 0.2) is 0 Å². The number of hydrogen-bond acceptors (Lipinski definition) is 6. The Labute approximate surface area is 157 Å². The second-order valence-electron chi connectivity index (χ2n) is 6.61. The third kappa shape index (κ3) is 3.75. The van der Waals surface area contributed by atoms with Crippen LogP contribution in [0.2, 0.25) is 0 Å². The molecule has 1 aliphatic rings. The molecule has 3 aromatic heterocycles. The topological polar surface area (TPSA) is 87.5 Å². The van der Waals surface area contributed by atoms with Crippen LogP contribution in [0.1, 0.15) is 28.3 Å². The summed E-state index contributed by atoms with van der Waals surface area (Å²) in [6.45, 7) is 6.13. The Kier molecular flexibility index (Phi) is 4.97. The highest BCUT2D eigenvalue weighted by Gasteiger charge is 2.14. The van der Waals surface area contributed by atoms with Crippen molar-refractivity contribution in [2.45, 2.75) is 19.9 Å². The van der Waals surface area contributed by atoms with Crippen molar-refractivity contribution >= 4 is 17.4 Å². The number of nitrogens with zero attached hydrogens (tertiary/aromatic N) is 5. The van der Waals surface area contributed by atoms with Crippen LogP contribution in [0.5, 0.6) is 0 Å². The highest BCUT2D eigenvalue weighted by molar-refractivity contribution is 5.92. The Hall–Kier alpha value is -3.00. The van der Waals surface area contributed by atoms with Gasteiger partial charge in [-0.25, -0.2) is 15.0 Å². The van der Waals surface area contributed by atoms with E-state index in [9.17, 15) is 4.79 Å². The number of aryl methyl sites for hydroxylation is 1. The van der Waals surface area contributed by atoms with Gasteiger partial charge in [0.2, 0.25) is 0 Å². The lowest BCUT2D eigenvalue weighted by molar-refractivity contribution is 0.0945. The molecule has 8 heteroatoms. The molecular weight excluding hydrogens is 342 g/mol. The van der Waals surface area contributed by atoms with Crippen molar-refractivity contribution in [3.05, 3.63) is 53.9 Å². The molecule has 0 atom stereocenters. The first-order chi connectivity index (χ1) is 13.2. The number of pyridine rings is 1. The standard InChI is InChI=1S/C19H23N7O/c1-14-16(26-9-3-2-5-17(26)24-14)12-23-19(27)15-11-22-18(13-21-15)25-8-4-6-20-7-10-25/h2-3,5,9,11,13,20H,4,6-8,10,12H2,1H3,(H,23,27). The van der Waals surface area contributed by atoms with Crippen LogP contribution in [0.3, 0.4) is 0 Å². The summed E-state index contributed by atoms with van der Waals surface area (Å²) in [5, 5.41) is 6.28. The van der Waals surface area contributed by atoms with Crippen molar-refractivity contribution in [3.63, 3.8) is 0 Å². The third-order valence-corrected chi connectivity index (χ3v) is 4.78. The van der Waals surface area contributed by atoms with Gasteiger partial charge in [0.25, 0.3) is 5.91 Å². The quantitative estimate of drug-likeness (QED) is 0.722. The van der Waals surface area contributed by atoms with Gasteiger partial charge in [0, 0.05) is 25.8 Å². The Balaban J connectivity index is 1.43. The van der Waals surface area contributed by atoms with Gasteiger partial charge in [-0.1, -0.05) is 6.07 Å². The number of amides is 1. The van der Waals surface area contributed by atoms with Crippen molar-refractivity contribution < 1.29 is 4.79 Å². The number of aromatic nitrogens is 4. The van der Waals surface area contributed by atoms with Gasteiger partial charge < -0.3 is 19.9 Å². The summed E-state index contributed by atoms with van der Waals surface area (Å²) in [4.78, 5) is 27.9. The zero-order chi connectivity index (χ0) is 18.6. The lowest BCUT2D eigenvalue weighted by Crippen LogP contribution is -2.29. The summed E-state index contributed by atoms with van der Waals surface area (Å²) in [6, 6.07) is 5.84. The second kappa shape index (κ2) is 7.71. The Bertz CT molecular complexity index is 927. The van der Waals surface area contributed by atoms with E-state index in [0.717, 1.165) is 55.5 Å². The second-order valence-corrected chi connectivity index (χ2v) is 6.61. The summed E-state index contributed by atoms with van der Waals surface area (Å²) in [5.41, 5.74) is 3.05. The van der Waals surface area contributed by atoms with Crippen molar-refractivity contribution in [3.8, 4) is 0 Å². The fraction of sp³-hybridized carbons (Fsp3) is 0.368. The maximum Gasteiger partial charge on any atom is 0.271 e. The number of rotatable bonds is 4. The van der Waals surface area contributed by atoms with Crippen molar-refractivity contribution in [1.82, 2.24) is 30.0 Å². The van der Waals surface area contributed by atoms with Gasteiger partial charge in [-0.3, -0.25) is 4.79 Å². The molecular formula is C19H23N7O. The van der Waals surface area contributed by atoms with E-state index >= 15 is 0 Å². The number of carbonyl (C=O) groups excluding carboxylic acids is 1. The molecule has 0 aromatic carbocycles. The molecule has 3 aromatic rings. The van der Waals surface area contributed by atoms with E-state index in [1.807, 2.05) is 35.7 Å². The molecule has 4 rings (SSSR count). The number of anilines is 1. The van der Waals surface area contributed by atoms with Crippen LogP contribution >= 0.6 is 0 Å². The average Bonchev–Trinajstić information content (AvgIpc) is 2.86. The third-order valence-electron chi connectivity index (χ3n) is 4.78. The molecule has 27 heavy (non-hydrogen) atoms. The van der Waals surface area contributed by atoms with E-state index in [-0.39, 0.29) is 5.91 Å². The van der Waals surface area contributed by atoms with Gasteiger partial charge in [-0.2, -0.15) is 0 Å². The smallest absolute Gasteiger partial charge is 0.271 e. The molecule has 2 N–H and O–H groups in total. The summed E-state index contributed by atoms with van der Waals surface area (Å²) >= 11 is 0. The first kappa shape index (κ1) is 17.4. The predicted molar refractivity (Wildman–Crippen MR) is 103 cm³/mol. The molecule has 1 amide bonds. The van der Waals surface area contributed by atoms with Crippen LogP contribution < -0.4 is 15.5 Å². The van der Waals surface area contributed by atoms with Crippen LogP contribution in [-0.4, -0.2) is 51.4 Å². The predicted octanol–water partition coefficient (Wildman–Crippen LogP) is 1.16. The summed E-state index contributed by atoms with van der Waals surface area (Å²) in [5.74, 6) is 0.574. The monoisotopic (exact) mass is 365 g/mol. The molecule has 0 unspecified atom stereocenters. The van der Waals surface area contributed by atoms with E-state index in [2.05, 4.69) is 30.5 Å². The molecule has 0 aliphatic carbocycles. The van der Waals surface area contributed by atoms with Crippen molar-refractivity contribution in [2.24, 2.45) is 0 Å². The molecule has 4 heterocycles. The largest absolute Gasteiger partial charge is 0.354 e. The fourth-order valence-corrected chi connectivity index (χ4v) is 3.31. The zero-order valence-corrected chi connectivity index (χ0v) is 15.4. The molecule has 0 radical (unpaired) electrons. The average molecular weight is 365 g/mol. The van der Waals surface area contributed by atoms with Crippen molar-refractivity contribution in [1.29, 1.82) is 0 Å². The summed E-state index contributed by atoms with van der Waals surface area (Å²) in [6.07, 6.45) is 6.24. The Morgan fingerprint density at radius 1 is 1.22 bits per heavy atom. The minimum Gasteiger partial charge on any atom is -0.354 e. The fourth-order valence-electron chi connectivity index (χ4n) is 3.31. The number of hydrogen-bond donors (Lipinski definition) is 2. The molecule has 1 fully saturated rings. The summed E-state index contributed by atoms with van der Waals surface area (Å²) in [7, 11) is 0. The Morgan fingerprint density at radius 2 is 2.15 bits per heavy atom. The molecule has 1 saturated heterocycles. The first-order valence-corrected chi connectivity index (χ1v) is 9.21. The molecule has 1 aliphatic heterocycles. The van der Waals surface area contributed by atoms with E-state index < -0.39 is 0 Å². The van der Waals surface area contributed by atoms with E-state index in [1.165, 1.54) is 0 Å². The number of nitrogens with one attached hydrogen (secondary N) is 2. The van der Waals surface area contributed by atoms with Gasteiger partial charge in [0.05, 0.1) is 30.3 Å². The molecule has 0 bridgehead atoms. The summed E-state index contributed by atoms with van der Waals surface area (Å²) < 4.78 is 1.98. The van der Waals surface area contributed by atoms with Crippen LogP contribution in [0.25, 0.3) is 5.65 Å². The highest BCUT2D eigenvalue weighted by Crippen LogP contribution is 2.13. The first-order valence-electron chi connectivity index (χ1n) is 9.21. The number of imidazole rings is 1. The lowest BCUT2D eigenvalue weighted by atomic mass is 10.3. The van der Waals surface area contributed by atoms with Crippen molar-refractivity contribution in [2.75, 3.05) is 31.1 Å². The zero-order valence-electron chi connectivity index (χ0n) is 15.4. The lowest BCUT2D eigenvalue weighted by Gasteiger charge is -2.20. The van der Waals surface area contributed by atoms with Crippen LogP contribution in [0.4, 0.5) is 5.82 Å². The number of carbonyl (C=O) groups is 1. The van der Waals surface area contributed by atoms with Crippen LogP contribution in [-0.2, 0) is 6.54 Å². The maximum absolute atomic E-state index is 12.5. The van der Waals surface area contributed by atoms with E-state index in [0.29, 0.717) is 12.2 Å². The molecule has 0 spiro atoms. The maximum atomic E-state index is 12.5. The van der Waals surface area contributed by atoms with E-state index in [1.54, 1.807) is 12.4 Å². The minimum atomic E-state index is -0.239. The molecule has 0 saturated carbocycles. The SMILES string of the molecule is Cc1nc2ccccn2c1CNC(=O)c1cnc(N2CCCNCC2)cn1. The highest BCUT2D eigenvalue weighted by atomic mass is 16.1. The number of fused-ring (bicyclic) bond motifs is 1. The van der Waals surface area contributed by atoms with Gasteiger partial charge in [-0.05, 0) is 32.0 Å². The van der Waals surface area contributed by atoms with E-state index in [4.69, 9.17) is 0 Å². The van der Waals surface area contributed by atoms with Gasteiger partial charge in [-0.15, -0.1) is 0 Å². The van der Waals surface area contributed by atoms with Gasteiger partial charge in [0.1, 0.15) is 17.2 Å². The Morgan fingerprint density at radius 3 is 3.00 bits per heavy atom. The van der Waals surface area contributed by atoms with Crippen LogP contribution in [0.15, 0.2) is 36.8 Å². The van der Waals surface area contributed by atoms with Gasteiger partial charge >= 0.3 is 0 Å². The normalized spacial score (nSPS) is 14.9. The minimum absolute atomic E-state index is 0.239. The molecule has 140 valence electrons.